The van der Waals surface area contributed by atoms with Crippen LogP contribution in [-0.2, 0) is 6.54 Å². The van der Waals surface area contributed by atoms with Crippen LogP contribution in [0.3, 0.4) is 0 Å². The molecular weight excluding hydrogens is 224 g/mol. The van der Waals surface area contributed by atoms with Gasteiger partial charge >= 0.3 is 0 Å². The fraction of sp³-hybridized carbons (Fsp3) is 0.154. The Morgan fingerprint density at radius 3 is 2.35 bits per heavy atom. The van der Waals surface area contributed by atoms with Gasteiger partial charge in [0.2, 0.25) is 0 Å². The van der Waals surface area contributed by atoms with Crippen LogP contribution >= 0.6 is 0 Å². The van der Waals surface area contributed by atoms with Crippen LogP contribution in [0.15, 0.2) is 41.3 Å². The smallest absolute Gasteiger partial charge is 0.251 e. The van der Waals surface area contributed by atoms with Gasteiger partial charge in [-0.15, -0.1) is 0 Å². The van der Waals surface area contributed by atoms with Crippen LogP contribution < -0.4 is 5.56 Å². The lowest BCUT2D eigenvalue weighted by molar-refractivity contribution is 0.509. The fourth-order valence-corrected chi connectivity index (χ4v) is 1.62. The summed E-state index contributed by atoms with van der Waals surface area (Å²) < 4.78 is 27.4. The molecule has 0 atom stereocenters. The van der Waals surface area contributed by atoms with E-state index >= 15 is 0 Å². The minimum Gasteiger partial charge on any atom is -0.316 e. The number of benzene rings is 1. The third kappa shape index (κ3) is 2.25. The number of aryl methyl sites for hydroxylation is 1. The molecule has 0 unspecified atom stereocenters. The first-order chi connectivity index (χ1) is 8.11. The van der Waals surface area contributed by atoms with E-state index in [0.29, 0.717) is 17.7 Å². The lowest BCUT2D eigenvalue weighted by atomic mass is 10.1. The SMILES string of the molecule is CCn1ccc(-c2ccc(F)c(F)c2)cc1=O. The maximum absolute atomic E-state index is 13.1. The summed E-state index contributed by atoms with van der Waals surface area (Å²) in [5, 5.41) is 0. The zero-order valence-electron chi connectivity index (χ0n) is 9.28. The average molecular weight is 235 g/mol. The Balaban J connectivity index is 2.50. The van der Waals surface area contributed by atoms with Gasteiger partial charge in [0, 0.05) is 18.8 Å². The third-order valence-corrected chi connectivity index (χ3v) is 2.59. The Bertz CT molecular complexity index is 605. The van der Waals surface area contributed by atoms with Gasteiger partial charge in [-0.2, -0.15) is 0 Å². The normalized spacial score (nSPS) is 10.5. The fourth-order valence-electron chi connectivity index (χ4n) is 1.62. The Labute approximate surface area is 97.1 Å². The molecule has 4 heteroatoms. The van der Waals surface area contributed by atoms with Crippen molar-refractivity contribution < 1.29 is 8.78 Å². The highest BCUT2D eigenvalue weighted by Gasteiger charge is 2.05. The van der Waals surface area contributed by atoms with E-state index < -0.39 is 11.6 Å². The van der Waals surface area contributed by atoms with Gasteiger partial charge in [0.25, 0.3) is 5.56 Å². The van der Waals surface area contributed by atoms with E-state index in [0.717, 1.165) is 12.1 Å². The molecule has 2 rings (SSSR count). The molecule has 0 aliphatic carbocycles. The predicted molar refractivity (Wildman–Crippen MR) is 61.7 cm³/mol. The second kappa shape index (κ2) is 4.49. The lowest BCUT2D eigenvalue weighted by Crippen LogP contribution is -2.17. The van der Waals surface area contributed by atoms with E-state index in [2.05, 4.69) is 0 Å². The minimum absolute atomic E-state index is 0.158. The van der Waals surface area contributed by atoms with Crippen LogP contribution in [0.5, 0.6) is 0 Å². The van der Waals surface area contributed by atoms with Crippen molar-refractivity contribution in [1.82, 2.24) is 4.57 Å². The van der Waals surface area contributed by atoms with Gasteiger partial charge in [-0.25, -0.2) is 8.78 Å². The number of rotatable bonds is 2. The number of pyridine rings is 1. The molecule has 2 nitrogen and oxygen atoms in total. The van der Waals surface area contributed by atoms with Crippen LogP contribution in [-0.4, -0.2) is 4.57 Å². The third-order valence-electron chi connectivity index (χ3n) is 2.59. The first-order valence-corrected chi connectivity index (χ1v) is 5.27. The van der Waals surface area contributed by atoms with Crippen molar-refractivity contribution in [1.29, 1.82) is 0 Å². The van der Waals surface area contributed by atoms with Crippen molar-refractivity contribution in [2.45, 2.75) is 13.5 Å². The van der Waals surface area contributed by atoms with Crippen LogP contribution in [0.2, 0.25) is 0 Å². The van der Waals surface area contributed by atoms with Crippen LogP contribution in [0.1, 0.15) is 6.92 Å². The van der Waals surface area contributed by atoms with Crippen LogP contribution in [0, 0.1) is 11.6 Å². The van der Waals surface area contributed by atoms with Gasteiger partial charge in [-0.05, 0) is 36.2 Å². The van der Waals surface area contributed by atoms with Crippen molar-refractivity contribution in [3.05, 3.63) is 58.5 Å². The van der Waals surface area contributed by atoms with Crippen molar-refractivity contribution >= 4 is 0 Å². The van der Waals surface area contributed by atoms with Gasteiger partial charge in [-0.3, -0.25) is 4.79 Å². The summed E-state index contributed by atoms with van der Waals surface area (Å²) in [5.74, 6) is -1.81. The quantitative estimate of drug-likeness (QED) is 0.784. The maximum atomic E-state index is 13.1. The molecule has 0 radical (unpaired) electrons. The highest BCUT2D eigenvalue weighted by molar-refractivity contribution is 5.62. The van der Waals surface area contributed by atoms with Crippen LogP contribution in [0.4, 0.5) is 8.78 Å². The van der Waals surface area contributed by atoms with E-state index in [1.165, 1.54) is 16.7 Å². The molecule has 0 fully saturated rings. The Morgan fingerprint density at radius 1 is 1.06 bits per heavy atom. The van der Waals surface area contributed by atoms with Crippen LogP contribution in [0.25, 0.3) is 11.1 Å². The number of aromatic nitrogens is 1. The predicted octanol–water partition coefficient (Wildman–Crippen LogP) is 2.81. The van der Waals surface area contributed by atoms with Gasteiger partial charge in [0.15, 0.2) is 11.6 Å². The first kappa shape index (κ1) is 11.5. The molecule has 17 heavy (non-hydrogen) atoms. The van der Waals surface area contributed by atoms with Crippen molar-refractivity contribution in [3.63, 3.8) is 0 Å². The van der Waals surface area contributed by atoms with Crippen molar-refractivity contribution in [2.75, 3.05) is 0 Å². The number of hydrogen-bond donors (Lipinski definition) is 0. The molecule has 0 bridgehead atoms. The molecule has 2 aromatic rings. The summed E-state index contributed by atoms with van der Waals surface area (Å²) in [6, 6.07) is 6.70. The molecule has 0 spiro atoms. The first-order valence-electron chi connectivity index (χ1n) is 5.27. The van der Waals surface area contributed by atoms with Crippen molar-refractivity contribution in [2.24, 2.45) is 0 Å². The summed E-state index contributed by atoms with van der Waals surface area (Å²) in [7, 11) is 0. The summed E-state index contributed by atoms with van der Waals surface area (Å²) in [5.41, 5.74) is 0.914. The highest BCUT2D eigenvalue weighted by Crippen LogP contribution is 2.19. The van der Waals surface area contributed by atoms with Crippen molar-refractivity contribution in [3.8, 4) is 11.1 Å². The monoisotopic (exact) mass is 235 g/mol. The molecule has 1 aromatic heterocycles. The Morgan fingerprint density at radius 2 is 1.76 bits per heavy atom. The summed E-state index contributed by atoms with van der Waals surface area (Å²) in [4.78, 5) is 11.6. The van der Waals surface area contributed by atoms with E-state index in [1.807, 2.05) is 6.92 Å². The number of halogens is 2. The van der Waals surface area contributed by atoms with E-state index in [1.54, 1.807) is 12.3 Å². The zero-order valence-corrected chi connectivity index (χ0v) is 9.28. The van der Waals surface area contributed by atoms with Gasteiger partial charge in [0.05, 0.1) is 0 Å². The second-order valence-corrected chi connectivity index (χ2v) is 3.67. The van der Waals surface area contributed by atoms with E-state index in [4.69, 9.17) is 0 Å². The zero-order chi connectivity index (χ0) is 12.4. The van der Waals surface area contributed by atoms with Gasteiger partial charge in [-0.1, -0.05) is 6.07 Å². The second-order valence-electron chi connectivity index (χ2n) is 3.67. The van der Waals surface area contributed by atoms with Gasteiger partial charge in [0.1, 0.15) is 0 Å². The molecule has 0 aliphatic rings. The maximum Gasteiger partial charge on any atom is 0.251 e. The molecule has 88 valence electrons. The minimum atomic E-state index is -0.915. The number of hydrogen-bond acceptors (Lipinski definition) is 1. The molecular formula is C13H11F2NO. The molecule has 1 heterocycles. The average Bonchev–Trinajstić information content (AvgIpc) is 2.32. The highest BCUT2D eigenvalue weighted by atomic mass is 19.2. The molecule has 0 saturated heterocycles. The molecule has 1 aromatic carbocycles. The largest absolute Gasteiger partial charge is 0.316 e. The number of nitrogens with zero attached hydrogens (tertiary/aromatic N) is 1. The lowest BCUT2D eigenvalue weighted by Gasteiger charge is -2.05. The summed E-state index contributed by atoms with van der Waals surface area (Å²) in [6.07, 6.45) is 1.64. The molecule has 0 N–H and O–H groups in total. The standard InChI is InChI=1S/C13H11F2NO/c1-2-16-6-5-10(8-13(16)17)9-3-4-11(14)12(15)7-9/h3-8H,2H2,1H3. The molecule has 0 amide bonds. The Kier molecular flexibility index (Phi) is 3.04. The van der Waals surface area contributed by atoms with E-state index in [9.17, 15) is 13.6 Å². The molecule has 0 aliphatic heterocycles. The topological polar surface area (TPSA) is 22.0 Å². The van der Waals surface area contributed by atoms with Gasteiger partial charge < -0.3 is 4.57 Å². The van der Waals surface area contributed by atoms with E-state index in [-0.39, 0.29) is 5.56 Å². The molecule has 0 saturated carbocycles. The summed E-state index contributed by atoms with van der Waals surface area (Å²) >= 11 is 0. The summed E-state index contributed by atoms with van der Waals surface area (Å²) in [6.45, 7) is 2.44. The Hall–Kier alpha value is -1.97.